The number of rotatable bonds is 6. The predicted molar refractivity (Wildman–Crippen MR) is 116 cm³/mol. The second-order valence-electron chi connectivity index (χ2n) is 9.77. The van der Waals surface area contributed by atoms with Gasteiger partial charge in [-0.25, -0.2) is 0 Å². The van der Waals surface area contributed by atoms with Gasteiger partial charge in [0.15, 0.2) is 0 Å². The fourth-order valence-corrected chi connectivity index (χ4v) is 4.04. The Morgan fingerprint density at radius 3 is 2.38 bits per heavy atom. The molecule has 1 unspecified atom stereocenters. The zero-order valence-corrected chi connectivity index (χ0v) is 18.8. The molecule has 0 saturated carbocycles. The van der Waals surface area contributed by atoms with Crippen molar-refractivity contribution < 1.29 is 0 Å². The van der Waals surface area contributed by atoms with Crippen LogP contribution in [0.2, 0.25) is 0 Å². The SMILES string of the molecule is C/C1=C\C(N)=C/CC(C)CCCCN1CC(C)(C)CN(C(C)C)C(C)C. The van der Waals surface area contributed by atoms with E-state index in [9.17, 15) is 0 Å². The highest BCUT2D eigenvalue weighted by Gasteiger charge is 2.27. The lowest BCUT2D eigenvalue weighted by molar-refractivity contribution is 0.0891. The van der Waals surface area contributed by atoms with Gasteiger partial charge in [0.2, 0.25) is 0 Å². The van der Waals surface area contributed by atoms with E-state index >= 15 is 0 Å². The van der Waals surface area contributed by atoms with Gasteiger partial charge in [0.05, 0.1) is 0 Å². The summed E-state index contributed by atoms with van der Waals surface area (Å²) in [5, 5.41) is 0. The lowest BCUT2D eigenvalue weighted by Crippen LogP contribution is -2.47. The van der Waals surface area contributed by atoms with Gasteiger partial charge in [-0.15, -0.1) is 0 Å². The van der Waals surface area contributed by atoms with E-state index in [-0.39, 0.29) is 5.41 Å². The molecule has 1 aliphatic rings. The molecule has 0 bridgehead atoms. The lowest BCUT2D eigenvalue weighted by atomic mass is 9.90. The van der Waals surface area contributed by atoms with Crippen LogP contribution in [0.4, 0.5) is 0 Å². The smallest absolute Gasteiger partial charge is 0.0290 e. The Labute approximate surface area is 163 Å². The summed E-state index contributed by atoms with van der Waals surface area (Å²) in [6.07, 6.45) is 9.36. The number of hydrogen-bond acceptors (Lipinski definition) is 3. The van der Waals surface area contributed by atoms with Crippen LogP contribution in [0, 0.1) is 11.3 Å². The Morgan fingerprint density at radius 1 is 1.19 bits per heavy atom. The van der Waals surface area contributed by atoms with Crippen molar-refractivity contribution in [2.45, 2.75) is 93.2 Å². The van der Waals surface area contributed by atoms with Gasteiger partial charge in [-0.3, -0.25) is 4.90 Å². The molecule has 0 fully saturated rings. The van der Waals surface area contributed by atoms with Gasteiger partial charge in [0.25, 0.3) is 0 Å². The number of hydrogen-bond donors (Lipinski definition) is 1. The van der Waals surface area contributed by atoms with Gasteiger partial charge >= 0.3 is 0 Å². The van der Waals surface area contributed by atoms with Crippen LogP contribution >= 0.6 is 0 Å². The first-order valence-corrected chi connectivity index (χ1v) is 10.7. The summed E-state index contributed by atoms with van der Waals surface area (Å²) >= 11 is 0. The number of nitrogens with two attached hydrogens (primary N) is 1. The third-order valence-electron chi connectivity index (χ3n) is 5.56. The van der Waals surface area contributed by atoms with Crippen LogP contribution in [0.25, 0.3) is 0 Å². The normalized spacial score (nSPS) is 25.0. The molecular formula is C23H45N3. The van der Waals surface area contributed by atoms with E-state index in [0.717, 1.165) is 37.7 Å². The van der Waals surface area contributed by atoms with E-state index in [1.807, 2.05) is 0 Å². The van der Waals surface area contributed by atoms with E-state index in [2.05, 4.69) is 77.3 Å². The van der Waals surface area contributed by atoms with Crippen LogP contribution in [0.3, 0.4) is 0 Å². The molecule has 0 radical (unpaired) electrons. The molecule has 0 aromatic rings. The molecule has 26 heavy (non-hydrogen) atoms. The largest absolute Gasteiger partial charge is 0.399 e. The average Bonchev–Trinajstić information content (AvgIpc) is 2.54. The van der Waals surface area contributed by atoms with Crippen molar-refractivity contribution in [3.05, 3.63) is 23.5 Å². The molecule has 1 rings (SSSR count). The first-order chi connectivity index (χ1) is 12.0. The van der Waals surface area contributed by atoms with Crippen molar-refractivity contribution in [1.82, 2.24) is 9.80 Å². The highest BCUT2D eigenvalue weighted by molar-refractivity contribution is 5.19. The molecule has 0 aromatic heterocycles. The third kappa shape index (κ3) is 8.16. The molecule has 1 heterocycles. The van der Waals surface area contributed by atoms with Crippen molar-refractivity contribution in [2.24, 2.45) is 17.1 Å². The van der Waals surface area contributed by atoms with Gasteiger partial charge in [-0.2, -0.15) is 0 Å². The summed E-state index contributed by atoms with van der Waals surface area (Å²) < 4.78 is 0. The molecule has 1 aliphatic heterocycles. The minimum absolute atomic E-state index is 0.232. The second kappa shape index (κ2) is 10.4. The zero-order chi connectivity index (χ0) is 19.9. The van der Waals surface area contributed by atoms with Gasteiger partial charge in [-0.05, 0) is 64.9 Å². The predicted octanol–water partition coefficient (Wildman–Crippen LogP) is 5.39. The molecular weight excluding hydrogens is 318 g/mol. The van der Waals surface area contributed by atoms with Crippen molar-refractivity contribution in [1.29, 1.82) is 0 Å². The van der Waals surface area contributed by atoms with Crippen molar-refractivity contribution in [3.63, 3.8) is 0 Å². The maximum atomic E-state index is 6.26. The van der Waals surface area contributed by atoms with Crippen LogP contribution in [-0.4, -0.2) is 41.5 Å². The molecule has 152 valence electrons. The Hall–Kier alpha value is -0.960. The quantitative estimate of drug-likeness (QED) is 0.686. The van der Waals surface area contributed by atoms with Crippen LogP contribution < -0.4 is 5.73 Å². The summed E-state index contributed by atoms with van der Waals surface area (Å²) in [6, 6.07) is 1.15. The van der Waals surface area contributed by atoms with Crippen molar-refractivity contribution in [2.75, 3.05) is 19.6 Å². The Balaban J connectivity index is 2.90. The maximum absolute atomic E-state index is 6.26. The minimum Gasteiger partial charge on any atom is -0.399 e. The Bertz CT molecular complexity index is 466. The van der Waals surface area contributed by atoms with E-state index in [1.54, 1.807) is 0 Å². The Kier molecular flexibility index (Phi) is 9.23. The molecule has 0 spiro atoms. The maximum Gasteiger partial charge on any atom is 0.0290 e. The molecule has 2 N–H and O–H groups in total. The van der Waals surface area contributed by atoms with Crippen LogP contribution in [-0.2, 0) is 0 Å². The summed E-state index contributed by atoms with van der Waals surface area (Å²) in [6.45, 7) is 21.9. The van der Waals surface area contributed by atoms with Gasteiger partial charge in [0, 0.05) is 43.1 Å². The fraction of sp³-hybridized carbons (Fsp3) is 0.826. The highest BCUT2D eigenvalue weighted by atomic mass is 15.2. The molecule has 1 atom stereocenters. The summed E-state index contributed by atoms with van der Waals surface area (Å²) in [5.74, 6) is 0.732. The lowest BCUT2D eigenvalue weighted by Gasteiger charge is -2.41. The van der Waals surface area contributed by atoms with Crippen LogP contribution in [0.5, 0.6) is 0 Å². The number of allylic oxidation sites excluding steroid dienone is 3. The second-order valence-corrected chi connectivity index (χ2v) is 9.77. The average molecular weight is 364 g/mol. The molecule has 3 heteroatoms. The summed E-state index contributed by atoms with van der Waals surface area (Å²) in [7, 11) is 0. The molecule has 3 nitrogen and oxygen atoms in total. The summed E-state index contributed by atoms with van der Waals surface area (Å²) in [5.41, 5.74) is 8.72. The van der Waals surface area contributed by atoms with Gasteiger partial charge in [0.1, 0.15) is 0 Å². The highest BCUT2D eigenvalue weighted by Crippen LogP contribution is 2.25. The molecule has 0 amide bonds. The van der Waals surface area contributed by atoms with Gasteiger partial charge in [-0.1, -0.05) is 39.7 Å². The monoisotopic (exact) mass is 363 g/mol. The molecule has 0 aromatic carbocycles. The van der Waals surface area contributed by atoms with Crippen molar-refractivity contribution in [3.8, 4) is 0 Å². The van der Waals surface area contributed by atoms with E-state index in [4.69, 9.17) is 5.73 Å². The summed E-state index contributed by atoms with van der Waals surface area (Å²) in [4.78, 5) is 5.18. The topological polar surface area (TPSA) is 32.5 Å². The standard InChI is InChI=1S/C23H45N3/c1-18(2)26(19(3)4)17-23(7,8)16-25-14-10-9-11-20(5)12-13-22(24)15-21(25)6/h13,15,18-20H,9-12,14,16-17,24H2,1-8H3/b21-15+,22-13+. The van der Waals surface area contributed by atoms with E-state index < -0.39 is 0 Å². The van der Waals surface area contributed by atoms with Gasteiger partial charge < -0.3 is 10.6 Å². The number of nitrogens with zero attached hydrogens (tertiary/aromatic N) is 2. The van der Waals surface area contributed by atoms with Crippen molar-refractivity contribution >= 4 is 0 Å². The first-order valence-electron chi connectivity index (χ1n) is 10.7. The molecule has 0 saturated heterocycles. The van der Waals surface area contributed by atoms with Crippen LogP contribution in [0.1, 0.15) is 81.1 Å². The Morgan fingerprint density at radius 2 is 1.81 bits per heavy atom. The minimum atomic E-state index is 0.232. The molecule has 0 aliphatic carbocycles. The zero-order valence-electron chi connectivity index (χ0n) is 18.8. The third-order valence-corrected chi connectivity index (χ3v) is 5.56. The van der Waals surface area contributed by atoms with Crippen LogP contribution in [0.15, 0.2) is 23.5 Å². The fourth-order valence-electron chi connectivity index (χ4n) is 4.04. The first kappa shape index (κ1) is 23.1. The van der Waals surface area contributed by atoms with E-state index in [1.165, 1.54) is 25.0 Å². The van der Waals surface area contributed by atoms with E-state index in [0.29, 0.717) is 12.1 Å².